The minimum atomic E-state index is -2.12. The van der Waals surface area contributed by atoms with Gasteiger partial charge in [-0.25, -0.2) is 14.4 Å². The van der Waals surface area contributed by atoms with Gasteiger partial charge in [-0.2, -0.15) is 0 Å². The number of benzene rings is 1. The Balaban J connectivity index is 3.10. The Morgan fingerprint density at radius 3 is 1.95 bits per heavy atom. The van der Waals surface area contributed by atoms with Gasteiger partial charge in [-0.05, 0) is 44.9 Å². The number of carboxylic acid groups (broad SMARTS) is 3. The minimum Gasteiger partial charge on any atom is -0.481 e. The van der Waals surface area contributed by atoms with Crippen molar-refractivity contribution in [2.45, 2.75) is 83.6 Å². The Hall–Kier alpha value is -4.36. The van der Waals surface area contributed by atoms with E-state index in [0.29, 0.717) is 18.5 Å². The molecule has 0 aliphatic heterocycles. The fourth-order valence-corrected chi connectivity index (χ4v) is 3.31. The number of nitrogens with one attached hydrogen (secondary N) is 3. The van der Waals surface area contributed by atoms with E-state index in [0.717, 1.165) is 12.8 Å². The maximum absolute atomic E-state index is 13.0. The fourth-order valence-electron chi connectivity index (χ4n) is 3.31. The molecule has 1 unspecified atom stereocenters. The molecule has 3 amide bonds. The van der Waals surface area contributed by atoms with Crippen molar-refractivity contribution in [1.29, 1.82) is 0 Å². The summed E-state index contributed by atoms with van der Waals surface area (Å²) in [5.41, 5.74) is -0.418. The van der Waals surface area contributed by atoms with Crippen LogP contribution in [0.15, 0.2) is 24.3 Å². The number of hydrogen-bond donors (Lipinski definition) is 6. The molecular formula is C26H37N3O11. The maximum Gasteiger partial charge on any atom is 0.408 e. The molecule has 1 aromatic rings. The Labute approximate surface area is 231 Å². The second kappa shape index (κ2) is 15.9. The first-order chi connectivity index (χ1) is 18.6. The van der Waals surface area contributed by atoms with Gasteiger partial charge >= 0.3 is 24.0 Å². The first-order valence-electron chi connectivity index (χ1n) is 12.6. The molecule has 0 radical (unpaired) electrons. The van der Waals surface area contributed by atoms with Gasteiger partial charge in [0.25, 0.3) is 6.10 Å². The molecule has 0 fully saturated rings. The van der Waals surface area contributed by atoms with E-state index in [9.17, 15) is 33.9 Å². The van der Waals surface area contributed by atoms with E-state index >= 15 is 0 Å². The molecule has 0 saturated heterocycles. The molecule has 6 N–H and O–H groups in total. The summed E-state index contributed by atoms with van der Waals surface area (Å²) in [4.78, 5) is 71.6. The summed E-state index contributed by atoms with van der Waals surface area (Å²) in [6.07, 6.45) is -1.48. The second-order valence-electron chi connectivity index (χ2n) is 9.88. The molecule has 40 heavy (non-hydrogen) atoms. The molecule has 0 aliphatic rings. The van der Waals surface area contributed by atoms with Crippen LogP contribution in [-0.4, -0.2) is 81.5 Å². The third kappa shape index (κ3) is 12.9. The number of amides is 3. The monoisotopic (exact) mass is 567 g/mol. The van der Waals surface area contributed by atoms with E-state index in [1.807, 2.05) is 6.92 Å². The Bertz CT molecular complexity index is 1040. The van der Waals surface area contributed by atoms with Crippen LogP contribution in [0.5, 0.6) is 5.75 Å². The molecule has 1 aromatic carbocycles. The average molecular weight is 568 g/mol. The molecule has 2 atom stereocenters. The lowest BCUT2D eigenvalue weighted by Crippen LogP contribution is -2.55. The fraction of sp³-hybridized carbons (Fsp3) is 0.538. The summed E-state index contributed by atoms with van der Waals surface area (Å²) in [5, 5.41) is 34.6. The van der Waals surface area contributed by atoms with E-state index < -0.39 is 66.0 Å². The van der Waals surface area contributed by atoms with E-state index in [1.165, 1.54) is 24.3 Å². The molecule has 0 spiro atoms. The van der Waals surface area contributed by atoms with Crippen LogP contribution in [-0.2, 0) is 35.1 Å². The summed E-state index contributed by atoms with van der Waals surface area (Å²) in [6.45, 7) is 7.12. The van der Waals surface area contributed by atoms with Crippen LogP contribution in [0, 0.1) is 0 Å². The number of alkyl carbamates (subject to hydrolysis) is 1. The molecule has 0 aromatic heterocycles. The number of carbonyl (C=O) groups is 6. The average Bonchev–Trinajstić information content (AvgIpc) is 2.83. The first kappa shape index (κ1) is 33.7. The van der Waals surface area contributed by atoms with Crippen molar-refractivity contribution in [3.63, 3.8) is 0 Å². The quantitative estimate of drug-likeness (QED) is 0.124. The van der Waals surface area contributed by atoms with Gasteiger partial charge in [-0.3, -0.25) is 14.4 Å². The van der Waals surface area contributed by atoms with E-state index in [4.69, 9.17) is 19.7 Å². The molecule has 0 aliphatic carbocycles. The standard InChI is InChI=1S/C26H37N3O11/c1-5-6-7-12-27-21(32)17(13-15-8-10-16(11-9-15)39-20(23(34)35)24(36)37)28-22(33)18(14-19(30)31)29-25(38)40-26(2,3)4/h8-11,17-18,20H,5-7,12-14H2,1-4H3,(H,27,32)(H,28,33)(H,29,38)(H,30,31)(H,34,35)(H,36,37)/t17?,18-/m0/s1. The summed E-state index contributed by atoms with van der Waals surface area (Å²) in [7, 11) is 0. The van der Waals surface area contributed by atoms with Crippen molar-refractivity contribution in [2.24, 2.45) is 0 Å². The summed E-state index contributed by atoms with van der Waals surface area (Å²) >= 11 is 0. The molecule has 222 valence electrons. The lowest BCUT2D eigenvalue weighted by molar-refractivity contribution is -0.159. The number of aliphatic carboxylic acids is 3. The van der Waals surface area contributed by atoms with Crippen LogP contribution in [0.2, 0.25) is 0 Å². The number of ether oxygens (including phenoxy) is 2. The predicted octanol–water partition coefficient (Wildman–Crippen LogP) is 1.30. The van der Waals surface area contributed by atoms with Gasteiger partial charge in [-0.1, -0.05) is 31.9 Å². The zero-order chi connectivity index (χ0) is 30.5. The Morgan fingerprint density at radius 1 is 0.850 bits per heavy atom. The largest absolute Gasteiger partial charge is 0.481 e. The highest BCUT2D eigenvalue weighted by Crippen LogP contribution is 2.16. The highest BCUT2D eigenvalue weighted by atomic mass is 16.6. The number of carboxylic acids is 3. The third-order valence-electron chi connectivity index (χ3n) is 5.16. The van der Waals surface area contributed by atoms with Gasteiger partial charge in [0.05, 0.1) is 6.42 Å². The molecule has 1 rings (SSSR count). The van der Waals surface area contributed by atoms with E-state index in [2.05, 4.69) is 16.0 Å². The van der Waals surface area contributed by atoms with Crippen LogP contribution in [0.3, 0.4) is 0 Å². The van der Waals surface area contributed by atoms with Gasteiger partial charge in [0, 0.05) is 13.0 Å². The highest BCUT2D eigenvalue weighted by molar-refractivity contribution is 5.96. The number of rotatable bonds is 16. The number of hydrogen-bond acceptors (Lipinski definition) is 8. The van der Waals surface area contributed by atoms with Gasteiger partial charge in [0.2, 0.25) is 11.8 Å². The minimum absolute atomic E-state index is 0.0498. The topological polar surface area (TPSA) is 218 Å². The van der Waals surface area contributed by atoms with Crippen LogP contribution in [0.4, 0.5) is 4.79 Å². The van der Waals surface area contributed by atoms with Crippen LogP contribution in [0.25, 0.3) is 0 Å². The zero-order valence-electron chi connectivity index (χ0n) is 22.9. The van der Waals surface area contributed by atoms with Crippen LogP contribution < -0.4 is 20.7 Å². The molecule has 0 heterocycles. The van der Waals surface area contributed by atoms with Gasteiger partial charge < -0.3 is 40.7 Å². The highest BCUT2D eigenvalue weighted by Gasteiger charge is 2.31. The van der Waals surface area contributed by atoms with Crippen LogP contribution in [0.1, 0.15) is 58.9 Å². The molecule has 0 bridgehead atoms. The molecule has 14 nitrogen and oxygen atoms in total. The molecule has 0 saturated carbocycles. The maximum atomic E-state index is 13.0. The van der Waals surface area contributed by atoms with Gasteiger partial charge in [0.1, 0.15) is 23.4 Å². The summed E-state index contributed by atoms with van der Waals surface area (Å²) in [5.74, 6) is -6.26. The van der Waals surface area contributed by atoms with Crippen LogP contribution >= 0.6 is 0 Å². The zero-order valence-corrected chi connectivity index (χ0v) is 22.9. The second-order valence-corrected chi connectivity index (χ2v) is 9.88. The summed E-state index contributed by atoms with van der Waals surface area (Å²) < 4.78 is 10.1. The van der Waals surface area contributed by atoms with Gasteiger partial charge in [-0.15, -0.1) is 0 Å². The van der Waals surface area contributed by atoms with E-state index in [1.54, 1.807) is 20.8 Å². The summed E-state index contributed by atoms with van der Waals surface area (Å²) in [6, 6.07) is 2.80. The van der Waals surface area contributed by atoms with Crippen molar-refractivity contribution < 1.29 is 53.6 Å². The number of carbonyl (C=O) groups excluding carboxylic acids is 3. The smallest absolute Gasteiger partial charge is 0.408 e. The Morgan fingerprint density at radius 2 is 1.45 bits per heavy atom. The third-order valence-corrected chi connectivity index (χ3v) is 5.16. The van der Waals surface area contributed by atoms with Crippen molar-refractivity contribution in [2.75, 3.05) is 6.54 Å². The lowest BCUT2D eigenvalue weighted by atomic mass is 10.0. The first-order valence-corrected chi connectivity index (χ1v) is 12.6. The van der Waals surface area contributed by atoms with Crippen molar-refractivity contribution in [1.82, 2.24) is 16.0 Å². The lowest BCUT2D eigenvalue weighted by Gasteiger charge is -2.24. The Kier molecular flexibility index (Phi) is 13.4. The van der Waals surface area contributed by atoms with E-state index in [-0.39, 0.29) is 12.2 Å². The van der Waals surface area contributed by atoms with Crippen molar-refractivity contribution in [3.05, 3.63) is 29.8 Å². The number of unbranched alkanes of at least 4 members (excludes halogenated alkanes) is 2. The predicted molar refractivity (Wildman–Crippen MR) is 140 cm³/mol. The molecular weight excluding hydrogens is 530 g/mol. The van der Waals surface area contributed by atoms with Crippen molar-refractivity contribution >= 4 is 35.8 Å². The van der Waals surface area contributed by atoms with Gasteiger partial charge in [0.15, 0.2) is 0 Å². The molecule has 14 heteroatoms. The SMILES string of the molecule is CCCCCNC(=O)C(Cc1ccc(OC(C(=O)O)C(=O)O)cc1)NC(=O)[C@H](CC(=O)O)NC(=O)OC(C)(C)C. The normalized spacial score (nSPS) is 12.5. The van der Waals surface area contributed by atoms with Crippen molar-refractivity contribution in [3.8, 4) is 5.75 Å².